The van der Waals surface area contributed by atoms with Crippen LogP contribution in [-0.2, 0) is 11.3 Å². The van der Waals surface area contributed by atoms with E-state index in [-0.39, 0.29) is 0 Å². The fourth-order valence-corrected chi connectivity index (χ4v) is 1.58. The van der Waals surface area contributed by atoms with Crippen molar-refractivity contribution in [2.24, 2.45) is 0 Å². The summed E-state index contributed by atoms with van der Waals surface area (Å²) in [6.45, 7) is 0.525. The van der Waals surface area contributed by atoms with Crippen molar-refractivity contribution >= 4 is 28.4 Å². The third-order valence-corrected chi connectivity index (χ3v) is 3.44. The van der Waals surface area contributed by atoms with Crippen LogP contribution in [-0.4, -0.2) is 15.6 Å². The van der Waals surface area contributed by atoms with Crippen LogP contribution in [0.4, 0.5) is 0 Å². The van der Waals surface area contributed by atoms with Crippen LogP contribution < -0.4 is 0 Å². The van der Waals surface area contributed by atoms with Gasteiger partial charge in [0.05, 0.1) is 0 Å². The minimum absolute atomic E-state index is 0.525. The summed E-state index contributed by atoms with van der Waals surface area (Å²) in [7, 11) is 0. The molecule has 1 aliphatic rings. The third kappa shape index (κ3) is 3.18. The van der Waals surface area contributed by atoms with E-state index in [0.717, 1.165) is 5.56 Å². The molecule has 0 aromatic carbocycles. The maximum absolute atomic E-state index is 5.35. The van der Waals surface area contributed by atoms with Crippen molar-refractivity contribution in [1.82, 2.24) is 4.98 Å². The van der Waals surface area contributed by atoms with Crippen LogP contribution in [0.1, 0.15) is 30.0 Å². The van der Waals surface area contributed by atoms with Crippen molar-refractivity contribution in [3.63, 3.8) is 0 Å². The molecule has 4 heteroatoms. The van der Waals surface area contributed by atoms with Gasteiger partial charge in [0.1, 0.15) is 6.61 Å². The van der Waals surface area contributed by atoms with E-state index in [2.05, 4.69) is 17.1 Å². The number of nitrogens with zero attached hydrogens (tertiary/aromatic N) is 1. The summed E-state index contributed by atoms with van der Waals surface area (Å²) < 4.78 is 5.93. The molecule has 80 valence electrons. The lowest BCUT2D eigenvalue weighted by atomic mass is 10.2. The molecule has 2 nitrogen and oxygen atoms in total. The highest BCUT2D eigenvalue weighted by atomic mass is 32.2. The molecule has 0 bridgehead atoms. The minimum Gasteiger partial charge on any atom is -0.474 e. The fraction of sp³-hybridized carbons (Fsp3) is 0.455. The highest BCUT2D eigenvalue weighted by Crippen LogP contribution is 2.38. The zero-order chi connectivity index (χ0) is 10.7. The van der Waals surface area contributed by atoms with Gasteiger partial charge in [-0.1, -0.05) is 17.8 Å². The Balaban J connectivity index is 1.89. The van der Waals surface area contributed by atoms with E-state index in [1.165, 1.54) is 30.3 Å². The van der Waals surface area contributed by atoms with Crippen LogP contribution in [0.5, 0.6) is 0 Å². The second kappa shape index (κ2) is 4.94. The normalized spacial score (nSPS) is 15.0. The first kappa shape index (κ1) is 10.9. The first-order valence-electron chi connectivity index (χ1n) is 4.95. The Hall–Kier alpha value is -0.610. The molecule has 1 aliphatic carbocycles. The first-order chi connectivity index (χ1) is 7.29. The molecule has 1 aromatic heterocycles. The average Bonchev–Trinajstić information content (AvgIpc) is 3.10. The van der Waals surface area contributed by atoms with E-state index < -0.39 is 0 Å². The second-order valence-electron chi connectivity index (χ2n) is 3.61. The van der Waals surface area contributed by atoms with Crippen LogP contribution in [0.15, 0.2) is 18.3 Å². The van der Waals surface area contributed by atoms with Crippen molar-refractivity contribution in [2.45, 2.75) is 25.4 Å². The number of rotatable bonds is 3. The topological polar surface area (TPSA) is 22.1 Å². The molecule has 2 rings (SSSR count). The summed E-state index contributed by atoms with van der Waals surface area (Å²) in [4.78, 5) is 4.41. The Kier molecular flexibility index (Phi) is 3.59. The van der Waals surface area contributed by atoms with Crippen LogP contribution in [0.2, 0.25) is 0 Å². The van der Waals surface area contributed by atoms with E-state index >= 15 is 0 Å². The number of hydrogen-bond donors (Lipinski definition) is 0. The predicted molar refractivity (Wildman–Crippen MR) is 67.1 cm³/mol. The van der Waals surface area contributed by atoms with Gasteiger partial charge in [-0.25, -0.2) is 0 Å². The fourth-order valence-electron chi connectivity index (χ4n) is 1.34. The lowest BCUT2D eigenvalue weighted by Gasteiger charge is -2.05. The maximum atomic E-state index is 5.35. The summed E-state index contributed by atoms with van der Waals surface area (Å²) in [5, 5.41) is 0. The Morgan fingerprint density at radius 1 is 1.60 bits per heavy atom. The lowest BCUT2D eigenvalue weighted by molar-refractivity contribution is 0.310. The van der Waals surface area contributed by atoms with Crippen LogP contribution in [0.25, 0.3) is 0 Å². The highest BCUT2D eigenvalue weighted by Gasteiger charge is 2.24. The molecule has 1 aromatic rings. The average molecular weight is 239 g/mol. The predicted octanol–water partition coefficient (Wildman–Crippen LogP) is 3.12. The molecule has 0 N–H and O–H groups in total. The van der Waals surface area contributed by atoms with Gasteiger partial charge in [0, 0.05) is 23.4 Å². The molecule has 0 aliphatic heterocycles. The summed E-state index contributed by atoms with van der Waals surface area (Å²) in [5.41, 5.74) is 2.29. The molecule has 1 heterocycles. The highest BCUT2D eigenvalue weighted by molar-refractivity contribution is 8.22. The third-order valence-electron chi connectivity index (χ3n) is 2.37. The number of aromatic nitrogens is 1. The molecular formula is C11H13NOS2. The number of pyridine rings is 1. The van der Waals surface area contributed by atoms with Crippen LogP contribution in [0.3, 0.4) is 0 Å². The standard InChI is InChI=1S/C11H13NOS2/c1-15-11(14)13-7-8-2-5-10(12-6-8)9-3-4-9/h2,5-6,9H,3-4,7H2,1H3. The second-order valence-corrected chi connectivity index (χ2v) is 5.02. The lowest BCUT2D eigenvalue weighted by Crippen LogP contribution is -1.98. The smallest absolute Gasteiger partial charge is 0.220 e. The van der Waals surface area contributed by atoms with Gasteiger partial charge in [0.2, 0.25) is 4.38 Å². The van der Waals surface area contributed by atoms with Crippen molar-refractivity contribution in [3.8, 4) is 0 Å². The summed E-state index contributed by atoms with van der Waals surface area (Å²) in [6, 6.07) is 4.17. The van der Waals surface area contributed by atoms with Crippen LogP contribution in [0, 0.1) is 0 Å². The zero-order valence-electron chi connectivity index (χ0n) is 8.60. The largest absolute Gasteiger partial charge is 0.474 e. The van der Waals surface area contributed by atoms with E-state index in [4.69, 9.17) is 17.0 Å². The van der Waals surface area contributed by atoms with Crippen molar-refractivity contribution < 1.29 is 4.74 Å². The van der Waals surface area contributed by atoms with Gasteiger partial charge in [-0.2, -0.15) is 0 Å². The molecule has 0 spiro atoms. The van der Waals surface area contributed by atoms with E-state index in [1.807, 2.05) is 12.5 Å². The SMILES string of the molecule is CSC(=S)OCc1ccc(C2CC2)nc1. The zero-order valence-corrected chi connectivity index (χ0v) is 10.2. The van der Waals surface area contributed by atoms with Gasteiger partial charge in [-0.05, 0) is 37.4 Å². The number of hydrogen-bond acceptors (Lipinski definition) is 4. The van der Waals surface area contributed by atoms with Crippen LogP contribution >= 0.6 is 24.0 Å². The number of ether oxygens (including phenoxy) is 1. The van der Waals surface area contributed by atoms with Gasteiger partial charge in [0.25, 0.3) is 0 Å². The van der Waals surface area contributed by atoms with E-state index in [9.17, 15) is 0 Å². The van der Waals surface area contributed by atoms with E-state index in [0.29, 0.717) is 16.9 Å². The summed E-state index contributed by atoms with van der Waals surface area (Å²) >= 11 is 6.40. The Labute approximate surface area is 99.4 Å². The van der Waals surface area contributed by atoms with E-state index in [1.54, 1.807) is 0 Å². The van der Waals surface area contributed by atoms with Crippen molar-refractivity contribution in [2.75, 3.05) is 6.26 Å². The Morgan fingerprint density at radius 3 is 2.93 bits per heavy atom. The quantitative estimate of drug-likeness (QED) is 0.756. The monoisotopic (exact) mass is 239 g/mol. The van der Waals surface area contributed by atoms with Crippen molar-refractivity contribution in [3.05, 3.63) is 29.6 Å². The molecule has 0 atom stereocenters. The molecule has 1 saturated carbocycles. The molecule has 15 heavy (non-hydrogen) atoms. The molecule has 0 amide bonds. The molecule has 0 saturated heterocycles. The summed E-state index contributed by atoms with van der Waals surface area (Å²) in [5.74, 6) is 0.715. The van der Waals surface area contributed by atoms with Gasteiger partial charge >= 0.3 is 0 Å². The maximum Gasteiger partial charge on any atom is 0.220 e. The molecule has 1 fully saturated rings. The van der Waals surface area contributed by atoms with Gasteiger partial charge < -0.3 is 4.74 Å². The number of thiocarbonyl (C=S) groups is 1. The Morgan fingerprint density at radius 2 is 2.40 bits per heavy atom. The Bertz CT molecular complexity index is 346. The molecular weight excluding hydrogens is 226 g/mol. The number of thioether (sulfide) groups is 1. The van der Waals surface area contributed by atoms with Gasteiger partial charge in [-0.15, -0.1) is 0 Å². The van der Waals surface area contributed by atoms with Crippen molar-refractivity contribution in [1.29, 1.82) is 0 Å². The molecule has 0 radical (unpaired) electrons. The first-order valence-corrected chi connectivity index (χ1v) is 6.58. The van der Waals surface area contributed by atoms with Gasteiger partial charge in [-0.3, -0.25) is 4.98 Å². The summed E-state index contributed by atoms with van der Waals surface area (Å²) in [6.07, 6.45) is 6.38. The molecule has 0 unspecified atom stereocenters. The minimum atomic E-state index is 0.525. The van der Waals surface area contributed by atoms with Gasteiger partial charge in [0.15, 0.2) is 0 Å².